The smallest absolute Gasteiger partial charge is 0.305 e. The minimum absolute atomic E-state index is 0.113. The fraction of sp³-hybridized carbons (Fsp3) is 0.917. The van der Waals surface area contributed by atoms with Crippen LogP contribution in [-0.2, 0) is 14.3 Å². The Bertz CT molecular complexity index is 157. The van der Waals surface area contributed by atoms with E-state index >= 15 is 0 Å². The van der Waals surface area contributed by atoms with Crippen LogP contribution in [-0.4, -0.2) is 26.3 Å². The number of ether oxygens (including phenoxy) is 2. The quantitative estimate of drug-likeness (QED) is 0.439. The summed E-state index contributed by atoms with van der Waals surface area (Å²) in [5, 5.41) is 0. The molecule has 3 nitrogen and oxygen atoms in total. The average molecular weight is 216 g/mol. The van der Waals surface area contributed by atoms with Gasteiger partial charge in [0.25, 0.3) is 0 Å². The van der Waals surface area contributed by atoms with Crippen molar-refractivity contribution in [2.45, 2.75) is 58.0 Å². The first-order valence-electron chi connectivity index (χ1n) is 5.84. The molecular formula is C12H24O3. The molecule has 0 saturated heterocycles. The van der Waals surface area contributed by atoms with Crippen LogP contribution in [0.25, 0.3) is 0 Å². The number of hydrogen-bond donors (Lipinski definition) is 0. The third-order valence-electron chi connectivity index (χ3n) is 2.60. The van der Waals surface area contributed by atoms with Gasteiger partial charge in [-0.25, -0.2) is 0 Å². The van der Waals surface area contributed by atoms with Crippen molar-refractivity contribution in [3.63, 3.8) is 0 Å². The van der Waals surface area contributed by atoms with Crippen LogP contribution in [0.4, 0.5) is 0 Å². The lowest BCUT2D eigenvalue weighted by Crippen LogP contribution is -2.10. The Morgan fingerprint density at radius 3 is 2.33 bits per heavy atom. The first kappa shape index (κ1) is 14.4. The van der Waals surface area contributed by atoms with E-state index in [-0.39, 0.29) is 5.97 Å². The highest BCUT2D eigenvalue weighted by Crippen LogP contribution is 2.12. The molecule has 0 radical (unpaired) electrons. The van der Waals surface area contributed by atoms with Crippen LogP contribution in [0, 0.1) is 0 Å². The highest BCUT2D eigenvalue weighted by molar-refractivity contribution is 5.68. The van der Waals surface area contributed by atoms with Crippen molar-refractivity contribution in [3.05, 3.63) is 0 Å². The Balaban J connectivity index is 3.41. The molecule has 0 amide bonds. The van der Waals surface area contributed by atoms with Crippen LogP contribution < -0.4 is 0 Å². The molecular weight excluding hydrogens is 192 g/mol. The summed E-state index contributed by atoms with van der Waals surface area (Å²) in [6.07, 6.45) is 7.44. The summed E-state index contributed by atoms with van der Waals surface area (Å²) in [7, 11) is 3.20. The minimum Gasteiger partial charge on any atom is -0.469 e. The molecule has 0 aliphatic rings. The first-order chi connectivity index (χ1) is 7.24. The molecule has 90 valence electrons. The summed E-state index contributed by atoms with van der Waals surface area (Å²) in [6, 6.07) is 0. The molecule has 0 rings (SSSR count). The number of esters is 1. The van der Waals surface area contributed by atoms with Gasteiger partial charge in [-0.15, -0.1) is 0 Å². The maximum absolute atomic E-state index is 10.8. The van der Waals surface area contributed by atoms with E-state index in [1.165, 1.54) is 20.0 Å². The molecule has 0 unspecified atom stereocenters. The van der Waals surface area contributed by atoms with Gasteiger partial charge in [0, 0.05) is 13.5 Å². The third kappa shape index (κ3) is 8.43. The van der Waals surface area contributed by atoms with E-state index in [4.69, 9.17) is 4.74 Å². The Labute approximate surface area is 93.1 Å². The predicted molar refractivity (Wildman–Crippen MR) is 60.8 cm³/mol. The minimum atomic E-state index is -0.113. The van der Waals surface area contributed by atoms with Gasteiger partial charge in [0.2, 0.25) is 0 Å². The van der Waals surface area contributed by atoms with Gasteiger partial charge in [-0.3, -0.25) is 4.79 Å². The van der Waals surface area contributed by atoms with Gasteiger partial charge in [-0.1, -0.05) is 26.2 Å². The van der Waals surface area contributed by atoms with Gasteiger partial charge in [0.15, 0.2) is 0 Å². The molecule has 15 heavy (non-hydrogen) atoms. The molecule has 0 fully saturated rings. The summed E-state index contributed by atoms with van der Waals surface area (Å²) in [5.41, 5.74) is 0. The number of carbonyl (C=O) groups is 1. The van der Waals surface area contributed by atoms with Crippen molar-refractivity contribution < 1.29 is 14.3 Å². The van der Waals surface area contributed by atoms with Crippen molar-refractivity contribution in [2.75, 3.05) is 14.2 Å². The third-order valence-corrected chi connectivity index (χ3v) is 2.60. The number of unbranched alkanes of at least 4 members (excludes halogenated alkanes) is 2. The highest BCUT2D eigenvalue weighted by Gasteiger charge is 2.07. The number of rotatable bonds is 9. The second-order valence-electron chi connectivity index (χ2n) is 3.82. The topological polar surface area (TPSA) is 35.5 Å². The summed E-state index contributed by atoms with van der Waals surface area (Å²) < 4.78 is 9.95. The van der Waals surface area contributed by atoms with Crippen LogP contribution in [0.5, 0.6) is 0 Å². The largest absolute Gasteiger partial charge is 0.469 e. The molecule has 0 heterocycles. The molecule has 0 aromatic carbocycles. The molecule has 1 atom stereocenters. The van der Waals surface area contributed by atoms with Gasteiger partial charge in [0.05, 0.1) is 13.2 Å². The number of methoxy groups -OCH3 is 2. The van der Waals surface area contributed by atoms with Crippen LogP contribution in [0.3, 0.4) is 0 Å². The van der Waals surface area contributed by atoms with Crippen LogP contribution in [0.1, 0.15) is 51.9 Å². The van der Waals surface area contributed by atoms with Crippen LogP contribution in [0.2, 0.25) is 0 Å². The zero-order valence-electron chi connectivity index (χ0n) is 10.3. The summed E-state index contributed by atoms with van der Waals surface area (Å²) in [4.78, 5) is 10.8. The van der Waals surface area contributed by atoms with E-state index in [0.717, 1.165) is 25.7 Å². The molecule has 3 heteroatoms. The van der Waals surface area contributed by atoms with Crippen molar-refractivity contribution in [2.24, 2.45) is 0 Å². The Hall–Kier alpha value is -0.570. The molecule has 0 spiro atoms. The molecule has 0 N–H and O–H groups in total. The fourth-order valence-electron chi connectivity index (χ4n) is 1.56. The second kappa shape index (κ2) is 9.97. The van der Waals surface area contributed by atoms with Gasteiger partial charge >= 0.3 is 5.97 Å². The lowest BCUT2D eigenvalue weighted by atomic mass is 10.1. The zero-order chi connectivity index (χ0) is 11.5. The Kier molecular flexibility index (Phi) is 9.59. The Morgan fingerprint density at radius 1 is 1.13 bits per heavy atom. The lowest BCUT2D eigenvalue weighted by Gasteiger charge is -2.14. The zero-order valence-corrected chi connectivity index (χ0v) is 10.3. The molecule has 0 aromatic heterocycles. The first-order valence-corrected chi connectivity index (χ1v) is 5.84. The SMILES string of the molecule is CCCC[C@H](CCCCC(=O)OC)OC. The molecule has 0 aliphatic carbocycles. The van der Waals surface area contributed by atoms with Crippen molar-refractivity contribution in [1.29, 1.82) is 0 Å². The second-order valence-corrected chi connectivity index (χ2v) is 3.82. The lowest BCUT2D eigenvalue weighted by molar-refractivity contribution is -0.140. The van der Waals surface area contributed by atoms with Crippen LogP contribution >= 0.6 is 0 Å². The Morgan fingerprint density at radius 2 is 1.80 bits per heavy atom. The average Bonchev–Trinajstić information content (AvgIpc) is 2.27. The normalized spacial score (nSPS) is 12.5. The standard InChI is InChI=1S/C12H24O3/c1-4-5-8-11(14-2)9-6-7-10-12(13)15-3/h11H,4-10H2,1-3H3/t11-/m1/s1. The number of hydrogen-bond acceptors (Lipinski definition) is 3. The monoisotopic (exact) mass is 216 g/mol. The summed E-state index contributed by atoms with van der Waals surface area (Å²) >= 11 is 0. The van der Waals surface area contributed by atoms with Gasteiger partial charge in [-0.2, -0.15) is 0 Å². The van der Waals surface area contributed by atoms with Crippen molar-refractivity contribution in [1.82, 2.24) is 0 Å². The van der Waals surface area contributed by atoms with E-state index < -0.39 is 0 Å². The maximum Gasteiger partial charge on any atom is 0.305 e. The van der Waals surface area contributed by atoms with Gasteiger partial charge in [-0.05, 0) is 19.3 Å². The summed E-state index contributed by atoms with van der Waals surface area (Å²) in [5.74, 6) is -0.113. The van der Waals surface area contributed by atoms with Gasteiger partial charge < -0.3 is 9.47 Å². The van der Waals surface area contributed by atoms with Crippen LogP contribution in [0.15, 0.2) is 0 Å². The van der Waals surface area contributed by atoms with Crippen molar-refractivity contribution in [3.8, 4) is 0 Å². The van der Waals surface area contributed by atoms with Crippen molar-refractivity contribution >= 4 is 5.97 Å². The van der Waals surface area contributed by atoms with Gasteiger partial charge in [0.1, 0.15) is 0 Å². The van der Waals surface area contributed by atoms with E-state index in [1.54, 1.807) is 7.11 Å². The molecule has 0 saturated carbocycles. The van der Waals surface area contributed by atoms with E-state index in [1.807, 2.05) is 0 Å². The predicted octanol–water partition coefficient (Wildman–Crippen LogP) is 2.93. The molecule has 0 aliphatic heterocycles. The highest BCUT2D eigenvalue weighted by atomic mass is 16.5. The van der Waals surface area contributed by atoms with E-state index in [0.29, 0.717) is 12.5 Å². The number of carbonyl (C=O) groups excluding carboxylic acids is 1. The maximum atomic E-state index is 10.8. The summed E-state index contributed by atoms with van der Waals surface area (Å²) in [6.45, 7) is 2.18. The van der Waals surface area contributed by atoms with E-state index in [9.17, 15) is 4.79 Å². The molecule has 0 bridgehead atoms. The van der Waals surface area contributed by atoms with E-state index in [2.05, 4.69) is 11.7 Å². The molecule has 0 aromatic rings. The fourth-order valence-corrected chi connectivity index (χ4v) is 1.56.